The van der Waals surface area contributed by atoms with Gasteiger partial charge in [-0.05, 0) is 0 Å². The number of halogens is 4. The number of alkyl halides is 2. The average Bonchev–Trinajstić information content (AvgIpc) is 2.73. The first kappa shape index (κ1) is 15.7. The van der Waals surface area contributed by atoms with Crippen molar-refractivity contribution in [2.24, 2.45) is 18.5 Å². The van der Waals surface area contributed by atoms with E-state index in [9.17, 15) is 17.6 Å². The summed E-state index contributed by atoms with van der Waals surface area (Å²) in [6.07, 6.45) is 2.11. The van der Waals surface area contributed by atoms with Crippen molar-refractivity contribution in [3.8, 4) is 0 Å². The smallest absolute Gasteiger partial charge is 0.388 e. The summed E-state index contributed by atoms with van der Waals surface area (Å²) >= 11 is 0. The minimum atomic E-state index is -3.08. The topological polar surface area (TPSA) is 79.1 Å². The predicted octanol–water partition coefficient (Wildman–Crippen LogP) is 2.19. The quantitative estimate of drug-likeness (QED) is 0.515. The predicted molar refractivity (Wildman–Crippen MR) is 72.2 cm³/mol. The molecular weight excluding hydrogens is 304 g/mol. The lowest BCUT2D eigenvalue weighted by molar-refractivity contribution is -0.0967. The Morgan fingerprint density at radius 2 is 1.95 bits per heavy atom. The van der Waals surface area contributed by atoms with Gasteiger partial charge in [-0.3, -0.25) is 0 Å². The van der Waals surface area contributed by atoms with Gasteiger partial charge in [-0.1, -0.05) is 0 Å². The first-order valence-electron chi connectivity index (χ1n) is 5.99. The van der Waals surface area contributed by atoms with Gasteiger partial charge in [-0.2, -0.15) is 8.78 Å². The summed E-state index contributed by atoms with van der Waals surface area (Å²) in [5.41, 5.74) is 11.3. The largest absolute Gasteiger partial charge is 0.420 e. The van der Waals surface area contributed by atoms with Crippen molar-refractivity contribution in [1.82, 2.24) is 9.55 Å². The summed E-state index contributed by atoms with van der Waals surface area (Å²) < 4.78 is 56.1. The van der Waals surface area contributed by atoms with Gasteiger partial charge in [0.2, 0.25) is 0 Å². The number of allylic oxidation sites excluding steroid dienone is 2. The minimum absolute atomic E-state index is 0.151. The van der Waals surface area contributed by atoms with Gasteiger partial charge in [0.1, 0.15) is 5.82 Å². The van der Waals surface area contributed by atoms with E-state index < -0.39 is 24.1 Å². The molecule has 0 aliphatic carbocycles. The molecule has 4 N–H and O–H groups in total. The molecule has 0 saturated heterocycles. The van der Waals surface area contributed by atoms with Crippen LogP contribution in [0.15, 0.2) is 30.3 Å². The van der Waals surface area contributed by atoms with Crippen molar-refractivity contribution in [2.45, 2.75) is 6.61 Å². The molecule has 0 amide bonds. The first-order valence-corrected chi connectivity index (χ1v) is 5.99. The second-order valence-electron chi connectivity index (χ2n) is 4.30. The standard InChI is InChI=1S/C13H12F4N4O/c1-21-10-4-8(15)7(14)3-9(10)20-12(21)6(5-18)2-11(19)22-13(16)17/h2-5,13H,18-19H2,1H3/b6-5+,11-2+. The van der Waals surface area contributed by atoms with E-state index in [2.05, 4.69) is 9.72 Å². The Labute approximate surface area is 122 Å². The second-order valence-corrected chi connectivity index (χ2v) is 4.30. The molecular formula is C13H12F4N4O. The first-order chi connectivity index (χ1) is 10.3. The summed E-state index contributed by atoms with van der Waals surface area (Å²) in [7, 11) is 1.53. The van der Waals surface area contributed by atoms with Crippen molar-refractivity contribution in [3.63, 3.8) is 0 Å². The van der Waals surface area contributed by atoms with Crippen LogP contribution in [0.4, 0.5) is 17.6 Å². The van der Waals surface area contributed by atoms with Crippen LogP contribution in [0.2, 0.25) is 0 Å². The Bertz CT molecular complexity index is 767. The molecule has 22 heavy (non-hydrogen) atoms. The Hall–Kier alpha value is -2.71. The molecule has 0 unspecified atom stereocenters. The SMILES string of the molecule is Cn1c(C(/C=C(\N)OC(F)F)=C/N)nc2cc(F)c(F)cc21. The number of ether oxygens (including phenoxy) is 1. The molecule has 0 fully saturated rings. The fourth-order valence-corrected chi connectivity index (χ4v) is 1.92. The molecule has 0 bridgehead atoms. The van der Waals surface area contributed by atoms with Crippen LogP contribution < -0.4 is 11.5 Å². The lowest BCUT2D eigenvalue weighted by Gasteiger charge is -2.06. The van der Waals surface area contributed by atoms with Crippen molar-refractivity contribution in [2.75, 3.05) is 0 Å². The molecule has 0 aliphatic heterocycles. The molecule has 1 heterocycles. The summed E-state index contributed by atoms with van der Waals surface area (Å²) in [5, 5.41) is 0. The second kappa shape index (κ2) is 5.96. The fraction of sp³-hybridized carbons (Fsp3) is 0.154. The van der Waals surface area contributed by atoms with Crippen molar-refractivity contribution < 1.29 is 22.3 Å². The maximum Gasteiger partial charge on any atom is 0.388 e. The molecule has 2 aromatic rings. The van der Waals surface area contributed by atoms with E-state index in [0.29, 0.717) is 5.52 Å². The van der Waals surface area contributed by atoms with Crippen molar-refractivity contribution in [1.29, 1.82) is 0 Å². The van der Waals surface area contributed by atoms with E-state index in [1.165, 1.54) is 11.6 Å². The molecule has 5 nitrogen and oxygen atoms in total. The highest BCUT2D eigenvalue weighted by Gasteiger charge is 2.15. The summed E-state index contributed by atoms with van der Waals surface area (Å²) in [6, 6.07) is 1.89. The zero-order valence-corrected chi connectivity index (χ0v) is 11.4. The van der Waals surface area contributed by atoms with Gasteiger partial charge in [0.15, 0.2) is 17.5 Å². The molecule has 0 atom stereocenters. The van der Waals surface area contributed by atoms with Gasteiger partial charge in [-0.25, -0.2) is 13.8 Å². The number of rotatable bonds is 4. The normalized spacial score (nSPS) is 13.2. The van der Waals surface area contributed by atoms with Gasteiger partial charge in [0.05, 0.1) is 11.0 Å². The van der Waals surface area contributed by atoms with Gasteiger partial charge in [0.25, 0.3) is 0 Å². The van der Waals surface area contributed by atoms with E-state index >= 15 is 0 Å². The third kappa shape index (κ3) is 2.97. The van der Waals surface area contributed by atoms with E-state index in [0.717, 1.165) is 24.4 Å². The third-order valence-corrected chi connectivity index (χ3v) is 2.88. The Balaban J connectivity index is 2.51. The van der Waals surface area contributed by atoms with E-state index in [-0.39, 0.29) is 16.9 Å². The molecule has 0 spiro atoms. The summed E-state index contributed by atoms with van der Waals surface area (Å²) in [4.78, 5) is 4.08. The number of aromatic nitrogens is 2. The number of aryl methyl sites for hydroxylation is 1. The van der Waals surface area contributed by atoms with Gasteiger partial charge in [0, 0.05) is 37.0 Å². The van der Waals surface area contributed by atoms with Gasteiger partial charge < -0.3 is 20.8 Å². The average molecular weight is 316 g/mol. The molecule has 2 rings (SSSR count). The molecule has 1 aromatic carbocycles. The number of hydrogen-bond donors (Lipinski definition) is 2. The van der Waals surface area contributed by atoms with Crippen LogP contribution in [0.1, 0.15) is 5.82 Å². The maximum atomic E-state index is 13.3. The lowest BCUT2D eigenvalue weighted by Crippen LogP contribution is -2.08. The van der Waals surface area contributed by atoms with Crippen molar-refractivity contribution >= 4 is 16.6 Å². The maximum absolute atomic E-state index is 13.3. The molecule has 0 aliphatic rings. The molecule has 9 heteroatoms. The van der Waals surface area contributed by atoms with Crippen LogP contribution in [-0.2, 0) is 11.8 Å². The number of nitrogens with zero attached hydrogens (tertiary/aromatic N) is 2. The van der Waals surface area contributed by atoms with Crippen LogP contribution in [0, 0.1) is 11.6 Å². The Morgan fingerprint density at radius 1 is 1.32 bits per heavy atom. The Kier molecular flexibility index (Phi) is 4.25. The van der Waals surface area contributed by atoms with Gasteiger partial charge >= 0.3 is 6.61 Å². The highest BCUT2D eigenvalue weighted by atomic mass is 19.3. The highest BCUT2D eigenvalue weighted by molar-refractivity contribution is 5.82. The van der Waals surface area contributed by atoms with Crippen LogP contribution in [0.25, 0.3) is 16.6 Å². The molecule has 0 radical (unpaired) electrons. The summed E-state index contributed by atoms with van der Waals surface area (Å²) in [5.74, 6) is -2.47. The van der Waals surface area contributed by atoms with Crippen LogP contribution >= 0.6 is 0 Å². The van der Waals surface area contributed by atoms with E-state index in [1.807, 2.05) is 0 Å². The van der Waals surface area contributed by atoms with E-state index in [1.54, 1.807) is 0 Å². The lowest BCUT2D eigenvalue weighted by atomic mass is 10.2. The molecule has 1 aromatic heterocycles. The number of nitrogens with two attached hydrogens (primary N) is 2. The Morgan fingerprint density at radius 3 is 2.55 bits per heavy atom. The fourth-order valence-electron chi connectivity index (χ4n) is 1.92. The minimum Gasteiger partial charge on any atom is -0.420 e. The van der Waals surface area contributed by atoms with Crippen LogP contribution in [0.5, 0.6) is 0 Å². The number of fused-ring (bicyclic) bond motifs is 1. The van der Waals surface area contributed by atoms with Gasteiger partial charge in [-0.15, -0.1) is 0 Å². The number of imidazole rings is 1. The monoisotopic (exact) mass is 316 g/mol. The van der Waals surface area contributed by atoms with Crippen LogP contribution in [-0.4, -0.2) is 16.2 Å². The molecule has 118 valence electrons. The number of benzene rings is 1. The van der Waals surface area contributed by atoms with E-state index in [4.69, 9.17) is 11.5 Å². The summed E-state index contributed by atoms with van der Waals surface area (Å²) in [6.45, 7) is -3.08. The highest BCUT2D eigenvalue weighted by Crippen LogP contribution is 2.23. The zero-order chi connectivity index (χ0) is 16.4. The zero-order valence-electron chi connectivity index (χ0n) is 11.4. The van der Waals surface area contributed by atoms with Crippen molar-refractivity contribution in [3.05, 3.63) is 47.8 Å². The van der Waals surface area contributed by atoms with Crippen LogP contribution in [0.3, 0.4) is 0 Å². The third-order valence-electron chi connectivity index (χ3n) is 2.88. The molecule has 0 saturated carbocycles. The number of hydrogen-bond acceptors (Lipinski definition) is 4.